The second-order valence-corrected chi connectivity index (χ2v) is 9.19. The van der Waals surface area contributed by atoms with E-state index in [4.69, 9.17) is 5.11 Å². The van der Waals surface area contributed by atoms with Gasteiger partial charge in [-0.25, -0.2) is 0 Å². The number of carbonyl (C=O) groups is 2. The van der Waals surface area contributed by atoms with Crippen LogP contribution in [-0.2, 0) is 16.0 Å². The molecule has 3 aromatic rings. The van der Waals surface area contributed by atoms with E-state index in [1.165, 1.54) is 5.56 Å². The largest absolute Gasteiger partial charge is 0.481 e. The maximum absolute atomic E-state index is 12.5. The predicted molar refractivity (Wildman–Crippen MR) is 135 cm³/mol. The molecule has 0 aliphatic carbocycles. The van der Waals surface area contributed by atoms with Crippen LogP contribution in [0.15, 0.2) is 89.8 Å². The van der Waals surface area contributed by atoms with Gasteiger partial charge >= 0.3 is 5.97 Å². The number of carboxylic acid groups (broad SMARTS) is 1. The summed E-state index contributed by atoms with van der Waals surface area (Å²) < 4.78 is 0. The average molecular weight is 462 g/mol. The molecule has 0 aliphatic heterocycles. The molecule has 0 aliphatic rings. The van der Waals surface area contributed by atoms with Crippen LogP contribution in [0.25, 0.3) is 11.1 Å². The van der Waals surface area contributed by atoms with E-state index in [1.807, 2.05) is 42.5 Å². The van der Waals surface area contributed by atoms with Crippen molar-refractivity contribution in [2.45, 2.75) is 49.5 Å². The number of nitrogens with one attached hydrogen (secondary N) is 1. The fourth-order valence-electron chi connectivity index (χ4n) is 3.65. The lowest BCUT2D eigenvalue weighted by Crippen LogP contribution is -2.37. The van der Waals surface area contributed by atoms with E-state index in [2.05, 4.69) is 47.8 Å². The first-order chi connectivity index (χ1) is 16.1. The number of aliphatic carboxylic acids is 1. The van der Waals surface area contributed by atoms with Crippen molar-refractivity contribution in [2.75, 3.05) is 5.75 Å². The highest BCUT2D eigenvalue weighted by Crippen LogP contribution is 2.26. The second kappa shape index (κ2) is 13.5. The Bertz CT molecular complexity index is 1010. The van der Waals surface area contributed by atoms with Crippen LogP contribution in [0.4, 0.5) is 0 Å². The Labute approximate surface area is 200 Å². The third-order valence-electron chi connectivity index (χ3n) is 5.43. The highest BCUT2D eigenvalue weighted by molar-refractivity contribution is 7.99. The molecule has 33 heavy (non-hydrogen) atoms. The third kappa shape index (κ3) is 9.15. The van der Waals surface area contributed by atoms with Gasteiger partial charge in [0.15, 0.2) is 0 Å². The molecular weight excluding hydrogens is 430 g/mol. The summed E-state index contributed by atoms with van der Waals surface area (Å²) in [5, 5.41) is 12.2. The monoisotopic (exact) mass is 461 g/mol. The maximum Gasteiger partial charge on any atom is 0.303 e. The van der Waals surface area contributed by atoms with Gasteiger partial charge in [0, 0.05) is 29.5 Å². The Morgan fingerprint density at radius 2 is 1.52 bits per heavy atom. The summed E-state index contributed by atoms with van der Waals surface area (Å²) in [6, 6.07) is 28.6. The summed E-state index contributed by atoms with van der Waals surface area (Å²) in [6.45, 7) is 0. The van der Waals surface area contributed by atoms with Crippen LogP contribution in [0, 0.1) is 0 Å². The Balaban J connectivity index is 1.49. The number of hydrogen-bond acceptors (Lipinski definition) is 3. The number of amides is 1. The van der Waals surface area contributed by atoms with Crippen LogP contribution in [0.3, 0.4) is 0 Å². The van der Waals surface area contributed by atoms with Crippen LogP contribution < -0.4 is 5.32 Å². The van der Waals surface area contributed by atoms with Crippen molar-refractivity contribution < 1.29 is 14.7 Å². The van der Waals surface area contributed by atoms with Crippen molar-refractivity contribution in [1.82, 2.24) is 5.32 Å². The first-order valence-electron chi connectivity index (χ1n) is 11.4. The summed E-state index contributed by atoms with van der Waals surface area (Å²) in [5.41, 5.74) is 3.59. The van der Waals surface area contributed by atoms with Gasteiger partial charge in [0.2, 0.25) is 5.91 Å². The fourth-order valence-corrected chi connectivity index (χ4v) is 4.68. The zero-order valence-corrected chi connectivity index (χ0v) is 19.6. The van der Waals surface area contributed by atoms with E-state index in [1.54, 1.807) is 11.8 Å². The smallest absolute Gasteiger partial charge is 0.303 e. The van der Waals surface area contributed by atoms with E-state index >= 15 is 0 Å². The van der Waals surface area contributed by atoms with E-state index in [-0.39, 0.29) is 18.4 Å². The van der Waals surface area contributed by atoms with E-state index in [0.717, 1.165) is 35.3 Å². The zero-order valence-electron chi connectivity index (χ0n) is 18.8. The van der Waals surface area contributed by atoms with E-state index in [9.17, 15) is 9.59 Å². The van der Waals surface area contributed by atoms with Gasteiger partial charge in [-0.05, 0) is 54.5 Å². The normalized spacial score (nSPS) is 11.6. The molecule has 0 fully saturated rings. The minimum Gasteiger partial charge on any atom is -0.481 e. The number of thioether (sulfide) groups is 1. The Hall–Kier alpha value is -3.05. The van der Waals surface area contributed by atoms with E-state index < -0.39 is 5.97 Å². The first kappa shape index (κ1) is 24.6. The average Bonchev–Trinajstić information content (AvgIpc) is 2.85. The lowest BCUT2D eigenvalue weighted by Gasteiger charge is -2.18. The number of rotatable bonds is 13. The summed E-state index contributed by atoms with van der Waals surface area (Å²) in [4.78, 5) is 24.7. The minimum absolute atomic E-state index is 0.00270. The molecule has 0 unspecified atom stereocenters. The van der Waals surface area contributed by atoms with Crippen molar-refractivity contribution >= 4 is 23.6 Å². The molecule has 0 saturated heterocycles. The third-order valence-corrected chi connectivity index (χ3v) is 6.58. The lowest BCUT2D eigenvalue weighted by molar-refractivity contribution is -0.137. The van der Waals surface area contributed by atoms with Gasteiger partial charge in [0.05, 0.1) is 0 Å². The molecule has 0 bridgehead atoms. The van der Waals surface area contributed by atoms with Gasteiger partial charge in [0.25, 0.3) is 0 Å². The molecule has 3 aromatic carbocycles. The molecule has 0 aromatic heterocycles. The van der Waals surface area contributed by atoms with Crippen LogP contribution >= 0.6 is 11.8 Å². The molecule has 2 N–H and O–H groups in total. The summed E-state index contributed by atoms with van der Waals surface area (Å²) in [6.07, 6.45) is 3.67. The molecule has 172 valence electrons. The summed E-state index contributed by atoms with van der Waals surface area (Å²) in [7, 11) is 0. The highest BCUT2D eigenvalue weighted by Gasteiger charge is 2.15. The van der Waals surface area contributed by atoms with Gasteiger partial charge in [0.1, 0.15) is 0 Å². The van der Waals surface area contributed by atoms with Crippen LogP contribution in [0.2, 0.25) is 0 Å². The highest BCUT2D eigenvalue weighted by atomic mass is 32.2. The zero-order chi connectivity index (χ0) is 23.3. The second-order valence-electron chi connectivity index (χ2n) is 8.09. The Morgan fingerprint density at radius 3 is 2.24 bits per heavy atom. The van der Waals surface area contributed by atoms with Crippen molar-refractivity contribution in [2.24, 2.45) is 0 Å². The number of aryl methyl sites for hydroxylation is 1. The number of hydrogen-bond donors (Lipinski definition) is 2. The van der Waals surface area contributed by atoms with Crippen molar-refractivity contribution in [3.05, 3.63) is 90.5 Å². The minimum atomic E-state index is -0.840. The maximum atomic E-state index is 12.5. The van der Waals surface area contributed by atoms with Gasteiger partial charge in [-0.15, -0.1) is 11.8 Å². The first-order valence-corrected chi connectivity index (χ1v) is 12.4. The van der Waals surface area contributed by atoms with Crippen LogP contribution in [0.1, 0.15) is 37.7 Å². The molecule has 1 amide bonds. The molecule has 3 rings (SSSR count). The van der Waals surface area contributed by atoms with E-state index in [0.29, 0.717) is 18.6 Å². The summed E-state index contributed by atoms with van der Waals surface area (Å²) in [5.74, 6) is -0.202. The number of unbranched alkanes of at least 4 members (excludes halogenated alkanes) is 1. The quantitative estimate of drug-likeness (QED) is 0.235. The van der Waals surface area contributed by atoms with Gasteiger partial charge in [-0.2, -0.15) is 0 Å². The topological polar surface area (TPSA) is 66.4 Å². The molecule has 0 radical (unpaired) electrons. The lowest BCUT2D eigenvalue weighted by atomic mass is 10.1. The molecule has 0 heterocycles. The molecular formula is C28H31NO3S. The standard InChI is InChI=1S/C28H31NO3S/c30-27(17-8-7-12-22-10-3-1-4-11-22)29-25(18-19-28(31)32)21-33-26-16-9-15-24(20-26)23-13-5-2-6-14-23/h1-6,9-11,13-16,20,25H,7-8,12,17-19,21H2,(H,29,30)(H,31,32)/t25-/m0/s1. The van der Waals surface area contributed by atoms with Crippen molar-refractivity contribution in [3.8, 4) is 11.1 Å². The molecule has 0 saturated carbocycles. The van der Waals surface area contributed by atoms with Crippen LogP contribution in [0.5, 0.6) is 0 Å². The fraction of sp³-hybridized carbons (Fsp3) is 0.286. The Morgan fingerprint density at radius 1 is 0.818 bits per heavy atom. The molecule has 4 nitrogen and oxygen atoms in total. The number of carbonyl (C=O) groups excluding carboxylic acids is 1. The number of carboxylic acids is 1. The van der Waals surface area contributed by atoms with Crippen molar-refractivity contribution in [3.63, 3.8) is 0 Å². The van der Waals surface area contributed by atoms with Crippen molar-refractivity contribution in [1.29, 1.82) is 0 Å². The van der Waals surface area contributed by atoms with Gasteiger partial charge in [-0.1, -0.05) is 72.8 Å². The molecule has 1 atom stereocenters. The molecule has 0 spiro atoms. The van der Waals surface area contributed by atoms with Crippen LogP contribution in [-0.4, -0.2) is 28.8 Å². The SMILES string of the molecule is O=C(O)CC[C@@H](CSc1cccc(-c2ccccc2)c1)NC(=O)CCCCc1ccccc1. The van der Waals surface area contributed by atoms with Gasteiger partial charge < -0.3 is 10.4 Å². The van der Waals surface area contributed by atoms with Gasteiger partial charge in [-0.3, -0.25) is 9.59 Å². The predicted octanol–water partition coefficient (Wildman–Crippen LogP) is 6.21. The molecule has 5 heteroatoms. The summed E-state index contributed by atoms with van der Waals surface area (Å²) >= 11 is 1.65. The Kier molecular flexibility index (Phi) is 10.0. The number of benzene rings is 3.